The van der Waals surface area contributed by atoms with Crippen LogP contribution in [0.1, 0.15) is 20.3 Å². The zero-order chi connectivity index (χ0) is 11.3. The summed E-state index contributed by atoms with van der Waals surface area (Å²) in [6, 6.07) is 0. The summed E-state index contributed by atoms with van der Waals surface area (Å²) < 4.78 is 18.7. The molecule has 2 unspecified atom stereocenters. The van der Waals surface area contributed by atoms with Crippen LogP contribution in [0.5, 0.6) is 0 Å². The van der Waals surface area contributed by atoms with Gasteiger partial charge in [0, 0.05) is 6.42 Å². The first-order valence-electron chi connectivity index (χ1n) is 4.84. The van der Waals surface area contributed by atoms with Gasteiger partial charge >= 0.3 is 12.3 Å². The van der Waals surface area contributed by atoms with E-state index in [-0.39, 0.29) is 13.2 Å². The molecule has 0 saturated heterocycles. The maximum Gasteiger partial charge on any atom is 0.508 e. The van der Waals surface area contributed by atoms with Crippen molar-refractivity contribution in [1.82, 2.24) is 0 Å². The van der Waals surface area contributed by atoms with Crippen molar-refractivity contribution in [1.29, 1.82) is 0 Å². The molecular weight excluding hydrogens is 204 g/mol. The largest absolute Gasteiger partial charge is 0.508 e. The topological polar surface area (TPSA) is 71.1 Å². The standard InChI is InChI=1S/C9H14O6/c1-3-12-8(10)14-6-5-7(6)15-9(11)13-4-2/h6-7H,3-5H2,1-2H3. The summed E-state index contributed by atoms with van der Waals surface area (Å²) in [5.74, 6) is 0. The maximum atomic E-state index is 10.8. The van der Waals surface area contributed by atoms with E-state index in [1.165, 1.54) is 0 Å². The summed E-state index contributed by atoms with van der Waals surface area (Å²) in [5, 5.41) is 0. The molecule has 0 heterocycles. The Balaban J connectivity index is 2.12. The molecule has 2 atom stereocenters. The molecule has 86 valence electrons. The Morgan fingerprint density at radius 2 is 1.40 bits per heavy atom. The van der Waals surface area contributed by atoms with Gasteiger partial charge in [-0.25, -0.2) is 9.59 Å². The summed E-state index contributed by atoms with van der Waals surface area (Å²) in [7, 11) is 0. The molecule has 0 spiro atoms. The Morgan fingerprint density at radius 3 is 1.73 bits per heavy atom. The van der Waals surface area contributed by atoms with Gasteiger partial charge in [-0.2, -0.15) is 0 Å². The molecule has 0 N–H and O–H groups in total. The van der Waals surface area contributed by atoms with E-state index < -0.39 is 24.5 Å². The van der Waals surface area contributed by atoms with Crippen molar-refractivity contribution in [3.8, 4) is 0 Å². The molecule has 0 aromatic carbocycles. The Kier molecular flexibility index (Phi) is 4.20. The molecule has 1 rings (SSSR count). The summed E-state index contributed by atoms with van der Waals surface area (Å²) in [6.45, 7) is 3.88. The number of hydrogen-bond donors (Lipinski definition) is 0. The van der Waals surface area contributed by atoms with Crippen LogP contribution in [-0.4, -0.2) is 37.7 Å². The third-order valence-electron chi connectivity index (χ3n) is 1.70. The minimum absolute atomic E-state index is 0.259. The van der Waals surface area contributed by atoms with E-state index in [0.717, 1.165) is 0 Å². The second kappa shape index (κ2) is 5.43. The molecule has 0 amide bonds. The van der Waals surface area contributed by atoms with E-state index >= 15 is 0 Å². The van der Waals surface area contributed by atoms with Gasteiger partial charge in [0.15, 0.2) is 0 Å². The van der Waals surface area contributed by atoms with Crippen LogP contribution in [0.25, 0.3) is 0 Å². The molecule has 0 radical (unpaired) electrons. The van der Waals surface area contributed by atoms with Gasteiger partial charge in [-0.3, -0.25) is 0 Å². The minimum Gasteiger partial charge on any atom is -0.435 e. The Bertz CT molecular complexity index is 215. The summed E-state index contributed by atoms with van der Waals surface area (Å²) in [4.78, 5) is 21.7. The molecule has 0 bridgehead atoms. The molecule has 1 fully saturated rings. The third kappa shape index (κ3) is 4.05. The van der Waals surface area contributed by atoms with Crippen molar-refractivity contribution in [2.24, 2.45) is 0 Å². The summed E-state index contributed by atoms with van der Waals surface area (Å²) >= 11 is 0. The van der Waals surface area contributed by atoms with Gasteiger partial charge in [-0.05, 0) is 13.8 Å². The van der Waals surface area contributed by atoms with Crippen molar-refractivity contribution in [2.45, 2.75) is 32.5 Å². The number of carbonyl (C=O) groups excluding carboxylic acids is 2. The molecular formula is C9H14O6. The molecule has 0 aromatic heterocycles. The fourth-order valence-electron chi connectivity index (χ4n) is 0.949. The lowest BCUT2D eigenvalue weighted by Crippen LogP contribution is -2.15. The van der Waals surface area contributed by atoms with Crippen molar-refractivity contribution in [3.63, 3.8) is 0 Å². The highest BCUT2D eigenvalue weighted by atomic mass is 16.8. The summed E-state index contributed by atoms with van der Waals surface area (Å²) in [5.41, 5.74) is 0. The van der Waals surface area contributed by atoms with Crippen LogP contribution < -0.4 is 0 Å². The Labute approximate surface area is 87.4 Å². The molecule has 6 nitrogen and oxygen atoms in total. The van der Waals surface area contributed by atoms with E-state index in [0.29, 0.717) is 6.42 Å². The van der Waals surface area contributed by atoms with E-state index in [9.17, 15) is 9.59 Å². The predicted molar refractivity (Wildman–Crippen MR) is 48.4 cm³/mol. The Hall–Kier alpha value is -1.46. The zero-order valence-corrected chi connectivity index (χ0v) is 8.73. The second-order valence-corrected chi connectivity index (χ2v) is 2.91. The summed E-state index contributed by atoms with van der Waals surface area (Å²) in [6.07, 6.45) is -1.77. The second-order valence-electron chi connectivity index (χ2n) is 2.91. The number of carbonyl (C=O) groups is 2. The van der Waals surface area contributed by atoms with Crippen molar-refractivity contribution in [3.05, 3.63) is 0 Å². The fraction of sp³-hybridized carbons (Fsp3) is 0.778. The van der Waals surface area contributed by atoms with Gasteiger partial charge < -0.3 is 18.9 Å². The van der Waals surface area contributed by atoms with Crippen LogP contribution in [0.3, 0.4) is 0 Å². The molecule has 1 aliphatic carbocycles. The van der Waals surface area contributed by atoms with E-state index in [1.54, 1.807) is 13.8 Å². The van der Waals surface area contributed by atoms with Crippen LogP contribution in [0.4, 0.5) is 9.59 Å². The Morgan fingerprint density at radius 1 is 1.00 bits per heavy atom. The van der Waals surface area contributed by atoms with Crippen LogP contribution in [0.2, 0.25) is 0 Å². The quantitative estimate of drug-likeness (QED) is 0.665. The zero-order valence-electron chi connectivity index (χ0n) is 8.73. The highest BCUT2D eigenvalue weighted by molar-refractivity contribution is 5.62. The van der Waals surface area contributed by atoms with Gasteiger partial charge in [0.25, 0.3) is 0 Å². The molecule has 1 aliphatic rings. The predicted octanol–water partition coefficient (Wildman–Crippen LogP) is 1.47. The smallest absolute Gasteiger partial charge is 0.435 e. The van der Waals surface area contributed by atoms with Crippen LogP contribution in [-0.2, 0) is 18.9 Å². The van der Waals surface area contributed by atoms with Crippen molar-refractivity contribution >= 4 is 12.3 Å². The molecule has 6 heteroatoms. The van der Waals surface area contributed by atoms with Crippen LogP contribution >= 0.6 is 0 Å². The van der Waals surface area contributed by atoms with Gasteiger partial charge in [-0.15, -0.1) is 0 Å². The third-order valence-corrected chi connectivity index (χ3v) is 1.70. The first-order chi connectivity index (χ1) is 7.17. The average molecular weight is 218 g/mol. The van der Waals surface area contributed by atoms with Gasteiger partial charge in [0.2, 0.25) is 0 Å². The van der Waals surface area contributed by atoms with Gasteiger partial charge in [0.1, 0.15) is 12.2 Å². The SMILES string of the molecule is CCOC(=O)OC1CC1OC(=O)OCC. The lowest BCUT2D eigenvalue weighted by Gasteiger charge is -2.04. The highest BCUT2D eigenvalue weighted by Crippen LogP contribution is 2.29. The van der Waals surface area contributed by atoms with Gasteiger partial charge in [-0.1, -0.05) is 0 Å². The lowest BCUT2D eigenvalue weighted by atomic mass is 10.8. The van der Waals surface area contributed by atoms with E-state index in [2.05, 4.69) is 9.47 Å². The first kappa shape index (κ1) is 11.6. The number of rotatable bonds is 4. The van der Waals surface area contributed by atoms with Crippen LogP contribution in [0, 0.1) is 0 Å². The van der Waals surface area contributed by atoms with Crippen LogP contribution in [0.15, 0.2) is 0 Å². The van der Waals surface area contributed by atoms with E-state index in [4.69, 9.17) is 9.47 Å². The van der Waals surface area contributed by atoms with Crippen molar-refractivity contribution < 1.29 is 28.5 Å². The fourth-order valence-corrected chi connectivity index (χ4v) is 0.949. The molecule has 15 heavy (non-hydrogen) atoms. The normalized spacial score (nSPS) is 22.8. The molecule has 0 aromatic rings. The lowest BCUT2D eigenvalue weighted by molar-refractivity contribution is 0.0189. The van der Waals surface area contributed by atoms with E-state index in [1.807, 2.05) is 0 Å². The van der Waals surface area contributed by atoms with Crippen molar-refractivity contribution in [2.75, 3.05) is 13.2 Å². The minimum atomic E-state index is -0.738. The first-order valence-corrected chi connectivity index (χ1v) is 4.84. The number of hydrogen-bond acceptors (Lipinski definition) is 6. The number of ether oxygens (including phenoxy) is 4. The maximum absolute atomic E-state index is 10.8. The monoisotopic (exact) mass is 218 g/mol. The highest BCUT2D eigenvalue weighted by Gasteiger charge is 2.45. The average Bonchev–Trinajstić information content (AvgIpc) is 2.83. The molecule has 0 aliphatic heterocycles. The molecule has 1 saturated carbocycles. The van der Waals surface area contributed by atoms with Gasteiger partial charge in [0.05, 0.1) is 13.2 Å².